The van der Waals surface area contributed by atoms with Crippen LogP contribution in [0.5, 0.6) is 0 Å². The Morgan fingerprint density at radius 3 is 2.71 bits per heavy atom. The molecule has 92 valence electrons. The molecule has 0 saturated carbocycles. The van der Waals surface area contributed by atoms with E-state index in [9.17, 15) is 0 Å². The van der Waals surface area contributed by atoms with Gasteiger partial charge in [0.25, 0.3) is 0 Å². The van der Waals surface area contributed by atoms with Crippen molar-refractivity contribution in [1.82, 2.24) is 5.32 Å². The van der Waals surface area contributed by atoms with Crippen LogP contribution in [0.1, 0.15) is 35.2 Å². The molecule has 0 spiro atoms. The second-order valence-electron chi connectivity index (χ2n) is 4.06. The molecule has 1 N–H and O–H groups in total. The Morgan fingerprint density at radius 2 is 2.06 bits per heavy atom. The van der Waals surface area contributed by atoms with Gasteiger partial charge in [-0.05, 0) is 41.4 Å². The predicted octanol–water partition coefficient (Wildman–Crippen LogP) is 4.27. The predicted molar refractivity (Wildman–Crippen MR) is 78.1 cm³/mol. The summed E-state index contributed by atoms with van der Waals surface area (Å²) in [5.41, 5.74) is 1.50. The Hall–Kier alpha value is -0.640. The normalized spacial score (nSPS) is 12.8. The quantitative estimate of drug-likeness (QED) is 0.822. The van der Waals surface area contributed by atoms with Crippen molar-refractivity contribution in [3.05, 3.63) is 44.3 Å². The van der Waals surface area contributed by atoms with E-state index in [2.05, 4.69) is 48.1 Å². The lowest BCUT2D eigenvalue weighted by Gasteiger charge is -2.17. The minimum Gasteiger partial charge on any atom is -0.309 e. The average Bonchev–Trinajstić information content (AvgIpc) is 2.98. The molecular formula is C14H19NS2. The van der Waals surface area contributed by atoms with Crippen LogP contribution in [0.4, 0.5) is 0 Å². The van der Waals surface area contributed by atoms with E-state index < -0.39 is 0 Å². The van der Waals surface area contributed by atoms with Gasteiger partial charge >= 0.3 is 0 Å². The number of likely N-dealkylation sites (N-methyl/N-ethyl adjacent to an activating group) is 1. The molecule has 2 heterocycles. The van der Waals surface area contributed by atoms with Crippen molar-refractivity contribution in [3.8, 4) is 0 Å². The molecule has 2 aromatic heterocycles. The molecule has 0 bridgehead atoms. The van der Waals surface area contributed by atoms with Crippen LogP contribution in [-0.4, -0.2) is 6.54 Å². The highest BCUT2D eigenvalue weighted by atomic mass is 32.1. The first kappa shape index (κ1) is 12.8. The molecule has 3 heteroatoms. The zero-order valence-corrected chi connectivity index (χ0v) is 12.0. The maximum absolute atomic E-state index is 3.62. The summed E-state index contributed by atoms with van der Waals surface area (Å²) in [6, 6.07) is 7.11. The summed E-state index contributed by atoms with van der Waals surface area (Å²) in [5, 5.41) is 7.99. The molecular weight excluding hydrogens is 246 g/mol. The van der Waals surface area contributed by atoms with Crippen LogP contribution in [0, 0.1) is 0 Å². The Kier molecular flexibility index (Phi) is 4.77. The largest absolute Gasteiger partial charge is 0.309 e. The maximum Gasteiger partial charge on any atom is 0.0466 e. The maximum atomic E-state index is 3.62. The highest BCUT2D eigenvalue weighted by Crippen LogP contribution is 2.28. The van der Waals surface area contributed by atoms with Crippen molar-refractivity contribution >= 4 is 22.7 Å². The fraction of sp³-hybridized carbons (Fsp3) is 0.429. The van der Waals surface area contributed by atoms with Gasteiger partial charge in [0.15, 0.2) is 0 Å². The fourth-order valence-corrected chi connectivity index (χ4v) is 3.90. The van der Waals surface area contributed by atoms with E-state index in [0.717, 1.165) is 19.4 Å². The van der Waals surface area contributed by atoms with Crippen LogP contribution < -0.4 is 5.32 Å². The van der Waals surface area contributed by atoms with Crippen LogP contribution in [0.25, 0.3) is 0 Å². The molecule has 0 aliphatic carbocycles. The lowest BCUT2D eigenvalue weighted by atomic mass is 10.1. The van der Waals surface area contributed by atoms with Gasteiger partial charge < -0.3 is 5.32 Å². The summed E-state index contributed by atoms with van der Waals surface area (Å²) in [6.45, 7) is 5.44. The average molecular weight is 265 g/mol. The molecule has 0 aliphatic rings. The third-order valence-electron chi connectivity index (χ3n) is 2.91. The number of aryl methyl sites for hydroxylation is 1. The van der Waals surface area contributed by atoms with Gasteiger partial charge in [-0.1, -0.05) is 19.9 Å². The lowest BCUT2D eigenvalue weighted by Crippen LogP contribution is -2.22. The van der Waals surface area contributed by atoms with Crippen LogP contribution >= 0.6 is 22.7 Å². The monoisotopic (exact) mass is 265 g/mol. The molecule has 0 aromatic carbocycles. The van der Waals surface area contributed by atoms with Crippen molar-refractivity contribution in [2.45, 2.75) is 32.7 Å². The highest BCUT2D eigenvalue weighted by molar-refractivity contribution is 7.10. The second-order valence-corrected chi connectivity index (χ2v) is 6.04. The molecule has 0 aliphatic heterocycles. The van der Waals surface area contributed by atoms with Crippen LogP contribution in [0.15, 0.2) is 29.0 Å². The van der Waals surface area contributed by atoms with E-state index in [-0.39, 0.29) is 0 Å². The first-order valence-electron chi connectivity index (χ1n) is 6.17. The molecule has 0 saturated heterocycles. The van der Waals surface area contributed by atoms with Gasteiger partial charge in [0.1, 0.15) is 0 Å². The smallest absolute Gasteiger partial charge is 0.0466 e. The molecule has 1 atom stereocenters. The van der Waals surface area contributed by atoms with Gasteiger partial charge in [-0.3, -0.25) is 0 Å². The fourth-order valence-electron chi connectivity index (χ4n) is 2.08. The summed E-state index contributed by atoms with van der Waals surface area (Å²) in [6.07, 6.45) is 2.24. The minimum atomic E-state index is 0.480. The second kappa shape index (κ2) is 6.34. The van der Waals surface area contributed by atoms with Gasteiger partial charge in [0, 0.05) is 22.2 Å². The van der Waals surface area contributed by atoms with Gasteiger partial charge in [-0.15, -0.1) is 22.7 Å². The van der Waals surface area contributed by atoms with E-state index >= 15 is 0 Å². The van der Waals surface area contributed by atoms with Crippen LogP contribution in [0.3, 0.4) is 0 Å². The molecule has 17 heavy (non-hydrogen) atoms. The number of nitrogens with one attached hydrogen (secondary N) is 1. The van der Waals surface area contributed by atoms with Gasteiger partial charge in [-0.2, -0.15) is 0 Å². The Bertz CT molecular complexity index is 431. The Morgan fingerprint density at radius 1 is 1.18 bits per heavy atom. The van der Waals surface area contributed by atoms with Crippen molar-refractivity contribution < 1.29 is 0 Å². The molecule has 2 rings (SSSR count). The summed E-state index contributed by atoms with van der Waals surface area (Å²) in [5.74, 6) is 0. The van der Waals surface area contributed by atoms with E-state index in [4.69, 9.17) is 0 Å². The molecule has 0 amide bonds. The SMILES string of the molecule is CCNC(Cc1cccs1)c1sccc1CC. The number of thiophene rings is 2. The van der Waals surface area contributed by atoms with Crippen LogP contribution in [0.2, 0.25) is 0 Å². The molecule has 1 unspecified atom stereocenters. The molecule has 1 nitrogen and oxygen atoms in total. The third kappa shape index (κ3) is 3.18. The zero-order valence-electron chi connectivity index (χ0n) is 10.4. The van der Waals surface area contributed by atoms with Crippen molar-refractivity contribution in [2.24, 2.45) is 0 Å². The molecule has 2 aromatic rings. The van der Waals surface area contributed by atoms with Gasteiger partial charge in [0.2, 0.25) is 0 Å². The van der Waals surface area contributed by atoms with E-state index in [1.807, 2.05) is 22.7 Å². The Labute approximate surface area is 112 Å². The number of hydrogen-bond donors (Lipinski definition) is 1. The van der Waals surface area contributed by atoms with Gasteiger partial charge in [0.05, 0.1) is 0 Å². The molecule has 0 fully saturated rings. The minimum absolute atomic E-state index is 0.480. The summed E-state index contributed by atoms with van der Waals surface area (Å²) in [7, 11) is 0. The number of rotatable bonds is 6. The van der Waals surface area contributed by atoms with Crippen molar-refractivity contribution in [1.29, 1.82) is 0 Å². The third-order valence-corrected chi connectivity index (χ3v) is 4.89. The van der Waals surface area contributed by atoms with Crippen molar-refractivity contribution in [2.75, 3.05) is 6.54 Å². The van der Waals surface area contributed by atoms with E-state index in [1.54, 1.807) is 0 Å². The summed E-state index contributed by atoms with van der Waals surface area (Å²) < 4.78 is 0. The Balaban J connectivity index is 2.16. The van der Waals surface area contributed by atoms with Crippen molar-refractivity contribution in [3.63, 3.8) is 0 Å². The topological polar surface area (TPSA) is 12.0 Å². The highest BCUT2D eigenvalue weighted by Gasteiger charge is 2.16. The van der Waals surface area contributed by atoms with Crippen LogP contribution in [-0.2, 0) is 12.8 Å². The first-order valence-corrected chi connectivity index (χ1v) is 7.93. The first-order chi connectivity index (χ1) is 8.35. The van der Waals surface area contributed by atoms with E-state index in [0.29, 0.717) is 6.04 Å². The van der Waals surface area contributed by atoms with Gasteiger partial charge in [-0.25, -0.2) is 0 Å². The standard InChI is InChI=1S/C14H19NS2/c1-3-11-7-9-17-14(11)13(15-4-2)10-12-6-5-8-16-12/h5-9,13,15H,3-4,10H2,1-2H3. The zero-order chi connectivity index (χ0) is 12.1. The lowest BCUT2D eigenvalue weighted by molar-refractivity contribution is 0.558. The van der Waals surface area contributed by atoms with E-state index in [1.165, 1.54) is 15.3 Å². The number of hydrogen-bond acceptors (Lipinski definition) is 3. The molecule has 0 radical (unpaired) electrons. The summed E-state index contributed by atoms with van der Waals surface area (Å²) >= 11 is 3.74. The summed E-state index contributed by atoms with van der Waals surface area (Å²) in [4.78, 5) is 2.98.